The lowest BCUT2D eigenvalue weighted by Gasteiger charge is -2.16. The molecule has 2 aliphatic rings. The highest BCUT2D eigenvalue weighted by molar-refractivity contribution is 8.00. The van der Waals surface area contributed by atoms with Crippen LogP contribution in [0.1, 0.15) is 43.1 Å². The Bertz CT molecular complexity index is 681. The van der Waals surface area contributed by atoms with Crippen LogP contribution in [0.5, 0.6) is 0 Å². The van der Waals surface area contributed by atoms with Gasteiger partial charge in [-0.3, -0.25) is 4.79 Å². The van der Waals surface area contributed by atoms with Gasteiger partial charge in [0.25, 0.3) is 0 Å². The van der Waals surface area contributed by atoms with Gasteiger partial charge in [-0.25, -0.2) is 14.6 Å². The Morgan fingerprint density at radius 2 is 2.23 bits per heavy atom. The van der Waals surface area contributed by atoms with Crippen molar-refractivity contribution in [2.75, 3.05) is 17.7 Å². The molecular weight excluding hydrogens is 376 g/mol. The fourth-order valence-electron chi connectivity index (χ4n) is 3.09. The van der Waals surface area contributed by atoms with Crippen molar-refractivity contribution >= 4 is 46.1 Å². The van der Waals surface area contributed by atoms with Crippen LogP contribution in [-0.4, -0.2) is 52.6 Å². The number of thiazole rings is 1. The van der Waals surface area contributed by atoms with Crippen LogP contribution in [0.2, 0.25) is 0 Å². The maximum Gasteiger partial charge on any atom is 0.357 e. The molecule has 3 heterocycles. The summed E-state index contributed by atoms with van der Waals surface area (Å²) in [5, 5.41) is 11.0. The van der Waals surface area contributed by atoms with E-state index >= 15 is 0 Å². The number of carbonyl (C=O) groups is 3. The van der Waals surface area contributed by atoms with E-state index in [0.29, 0.717) is 23.4 Å². The Hall–Kier alpha value is -1.81. The third kappa shape index (κ3) is 4.67. The van der Waals surface area contributed by atoms with E-state index in [-0.39, 0.29) is 29.7 Å². The SMILES string of the molecule is CCOC(=O)c1csc(NC(=O)CCCC[C@H]2SC[C@@H]3NC(=O)N[C@H]32)n1. The quantitative estimate of drug-likeness (QED) is 0.351. The number of aromatic nitrogens is 1. The second kappa shape index (κ2) is 8.72. The number of unbranched alkanes of at least 4 members (excludes halogenated alkanes) is 1. The number of hydrogen-bond donors (Lipinski definition) is 3. The van der Waals surface area contributed by atoms with Crippen LogP contribution < -0.4 is 16.0 Å². The number of thioether (sulfide) groups is 1. The second-order valence-electron chi connectivity index (χ2n) is 6.17. The van der Waals surface area contributed by atoms with E-state index in [2.05, 4.69) is 20.9 Å². The molecule has 3 atom stereocenters. The second-order valence-corrected chi connectivity index (χ2v) is 8.30. The molecule has 3 rings (SSSR count). The first-order chi connectivity index (χ1) is 12.6. The number of ether oxygens (including phenoxy) is 1. The molecule has 2 fully saturated rings. The number of esters is 1. The van der Waals surface area contributed by atoms with Gasteiger partial charge in [-0.05, 0) is 19.8 Å². The molecular formula is C16H22N4O4S2. The van der Waals surface area contributed by atoms with E-state index in [9.17, 15) is 14.4 Å². The van der Waals surface area contributed by atoms with E-state index in [1.54, 1.807) is 12.3 Å². The number of nitrogens with one attached hydrogen (secondary N) is 3. The van der Waals surface area contributed by atoms with Gasteiger partial charge in [-0.15, -0.1) is 11.3 Å². The van der Waals surface area contributed by atoms with Crippen LogP contribution in [0.15, 0.2) is 5.38 Å². The van der Waals surface area contributed by atoms with Crippen molar-refractivity contribution in [2.24, 2.45) is 0 Å². The third-order valence-corrected chi connectivity index (χ3v) is 6.58. The number of rotatable bonds is 8. The minimum atomic E-state index is -0.481. The molecule has 0 saturated carbocycles. The predicted molar refractivity (Wildman–Crippen MR) is 101 cm³/mol. The number of carbonyl (C=O) groups excluding carboxylic acids is 3. The molecule has 26 heavy (non-hydrogen) atoms. The molecule has 3 N–H and O–H groups in total. The Morgan fingerprint density at radius 3 is 3.04 bits per heavy atom. The van der Waals surface area contributed by atoms with Crippen molar-refractivity contribution in [3.8, 4) is 0 Å². The molecule has 8 nitrogen and oxygen atoms in total. The number of urea groups is 1. The zero-order chi connectivity index (χ0) is 18.5. The van der Waals surface area contributed by atoms with Crippen molar-refractivity contribution in [1.29, 1.82) is 0 Å². The maximum atomic E-state index is 12.0. The van der Waals surface area contributed by atoms with Crippen molar-refractivity contribution in [3.63, 3.8) is 0 Å². The van der Waals surface area contributed by atoms with Gasteiger partial charge in [-0.2, -0.15) is 11.8 Å². The van der Waals surface area contributed by atoms with Crippen molar-refractivity contribution in [2.45, 2.75) is 49.9 Å². The summed E-state index contributed by atoms with van der Waals surface area (Å²) < 4.78 is 4.87. The molecule has 142 valence electrons. The lowest BCUT2D eigenvalue weighted by atomic mass is 10.0. The average molecular weight is 399 g/mol. The Morgan fingerprint density at radius 1 is 1.38 bits per heavy atom. The fourth-order valence-corrected chi connectivity index (χ4v) is 5.33. The molecule has 0 radical (unpaired) electrons. The number of amides is 3. The van der Waals surface area contributed by atoms with E-state index in [1.165, 1.54) is 11.3 Å². The molecule has 0 aromatic carbocycles. The van der Waals surface area contributed by atoms with Crippen LogP contribution >= 0.6 is 23.1 Å². The van der Waals surface area contributed by atoms with E-state index in [4.69, 9.17) is 4.74 Å². The zero-order valence-corrected chi connectivity index (χ0v) is 16.1. The monoisotopic (exact) mass is 398 g/mol. The van der Waals surface area contributed by atoms with E-state index in [0.717, 1.165) is 25.0 Å². The fraction of sp³-hybridized carbons (Fsp3) is 0.625. The van der Waals surface area contributed by atoms with Crippen LogP contribution in [0.4, 0.5) is 9.93 Å². The van der Waals surface area contributed by atoms with Gasteiger partial charge in [0.15, 0.2) is 10.8 Å². The van der Waals surface area contributed by atoms with Gasteiger partial charge in [0.1, 0.15) is 0 Å². The Balaban J connectivity index is 1.34. The smallest absolute Gasteiger partial charge is 0.357 e. The minimum absolute atomic E-state index is 0.0738. The molecule has 0 unspecified atom stereocenters. The van der Waals surface area contributed by atoms with Crippen LogP contribution in [0, 0.1) is 0 Å². The Kier molecular flexibility index (Phi) is 6.36. The normalized spacial score (nSPS) is 23.9. The molecule has 0 aliphatic carbocycles. The van der Waals surface area contributed by atoms with Gasteiger partial charge in [-0.1, -0.05) is 6.42 Å². The lowest BCUT2D eigenvalue weighted by molar-refractivity contribution is -0.116. The van der Waals surface area contributed by atoms with E-state index in [1.807, 2.05) is 11.8 Å². The summed E-state index contributed by atoms with van der Waals surface area (Å²) in [7, 11) is 0. The lowest BCUT2D eigenvalue weighted by Crippen LogP contribution is -2.36. The van der Waals surface area contributed by atoms with Crippen LogP contribution in [-0.2, 0) is 9.53 Å². The van der Waals surface area contributed by atoms with Crippen LogP contribution in [0.3, 0.4) is 0 Å². The predicted octanol–water partition coefficient (Wildman–Crippen LogP) is 1.98. The molecule has 2 saturated heterocycles. The summed E-state index contributed by atoms with van der Waals surface area (Å²) in [4.78, 5) is 39.0. The molecule has 0 bridgehead atoms. The summed E-state index contributed by atoms with van der Waals surface area (Å²) >= 11 is 3.09. The van der Waals surface area contributed by atoms with E-state index < -0.39 is 5.97 Å². The summed E-state index contributed by atoms with van der Waals surface area (Å²) in [6.07, 6.45) is 3.09. The first-order valence-corrected chi connectivity index (χ1v) is 10.6. The average Bonchev–Trinajstić information content (AvgIpc) is 3.28. The van der Waals surface area contributed by atoms with Crippen LogP contribution in [0.25, 0.3) is 0 Å². The van der Waals surface area contributed by atoms with Crippen molar-refractivity contribution in [3.05, 3.63) is 11.1 Å². The summed E-state index contributed by atoms with van der Waals surface area (Å²) in [6.45, 7) is 2.02. The number of fused-ring (bicyclic) bond motifs is 1. The number of anilines is 1. The van der Waals surface area contributed by atoms with Crippen molar-refractivity contribution in [1.82, 2.24) is 15.6 Å². The van der Waals surface area contributed by atoms with Gasteiger partial charge >= 0.3 is 12.0 Å². The molecule has 0 spiro atoms. The first kappa shape index (κ1) is 19.0. The highest BCUT2D eigenvalue weighted by Gasteiger charge is 2.42. The molecule has 3 amide bonds. The van der Waals surface area contributed by atoms with Gasteiger partial charge in [0, 0.05) is 22.8 Å². The molecule has 10 heteroatoms. The highest BCUT2D eigenvalue weighted by Crippen LogP contribution is 2.33. The third-order valence-electron chi connectivity index (χ3n) is 4.32. The minimum Gasteiger partial charge on any atom is -0.461 e. The topological polar surface area (TPSA) is 109 Å². The Labute approximate surface area is 159 Å². The van der Waals surface area contributed by atoms with Gasteiger partial charge < -0.3 is 20.7 Å². The standard InChI is InChI=1S/C16H22N4O4S2/c1-2-24-14(22)10-8-26-16(18-10)19-12(21)6-4-3-5-11-13-9(7-25-11)17-15(23)20-13/h8-9,11,13H,2-7H2,1H3,(H2,17,20,23)(H,18,19,21)/t9-,11+,13+/m0/s1. The highest BCUT2D eigenvalue weighted by atomic mass is 32.2. The number of hydrogen-bond acceptors (Lipinski definition) is 7. The summed E-state index contributed by atoms with van der Waals surface area (Å²) in [6, 6.07) is 0.368. The largest absolute Gasteiger partial charge is 0.461 e. The number of nitrogens with zero attached hydrogens (tertiary/aromatic N) is 1. The zero-order valence-electron chi connectivity index (χ0n) is 14.4. The molecule has 1 aromatic heterocycles. The van der Waals surface area contributed by atoms with Crippen molar-refractivity contribution < 1.29 is 19.1 Å². The molecule has 2 aliphatic heterocycles. The van der Waals surface area contributed by atoms with Gasteiger partial charge in [0.2, 0.25) is 5.91 Å². The maximum absolute atomic E-state index is 12.0. The first-order valence-electron chi connectivity index (χ1n) is 8.68. The molecule has 1 aromatic rings. The summed E-state index contributed by atoms with van der Waals surface area (Å²) in [5.74, 6) is 0.356. The van der Waals surface area contributed by atoms with Gasteiger partial charge in [0.05, 0.1) is 18.7 Å². The summed E-state index contributed by atoms with van der Waals surface area (Å²) in [5.41, 5.74) is 0.215.